The Morgan fingerprint density at radius 1 is 1.40 bits per heavy atom. The van der Waals surface area contributed by atoms with E-state index in [4.69, 9.17) is 5.11 Å². The molecule has 0 atom stereocenters. The Balaban J connectivity index is 2.61. The van der Waals surface area contributed by atoms with E-state index >= 15 is 0 Å². The molecule has 1 aromatic heterocycles. The summed E-state index contributed by atoms with van der Waals surface area (Å²) in [6, 6.07) is 7.38. The first kappa shape index (κ1) is 14.2. The number of aliphatic hydroxyl groups excluding tert-OH is 1. The van der Waals surface area contributed by atoms with E-state index in [1.54, 1.807) is 0 Å². The number of nitro groups is 1. The third kappa shape index (κ3) is 2.70. The van der Waals surface area contributed by atoms with Crippen LogP contribution in [0.15, 0.2) is 30.5 Å². The lowest BCUT2D eigenvalue weighted by Crippen LogP contribution is -2.25. The Bertz CT molecular complexity index is 616. The van der Waals surface area contributed by atoms with Gasteiger partial charge in [0.15, 0.2) is 0 Å². The molecule has 2 aromatic rings. The fraction of sp³-hybridized carbons (Fsp3) is 0.357. The van der Waals surface area contributed by atoms with Crippen molar-refractivity contribution in [3.8, 4) is 0 Å². The summed E-state index contributed by atoms with van der Waals surface area (Å²) in [6.45, 7) is 3.21. The summed E-state index contributed by atoms with van der Waals surface area (Å²) in [5, 5.41) is 21.0. The summed E-state index contributed by atoms with van der Waals surface area (Å²) in [7, 11) is 0. The van der Waals surface area contributed by atoms with Crippen molar-refractivity contribution in [1.82, 2.24) is 4.98 Å². The summed E-state index contributed by atoms with van der Waals surface area (Å²) in [4.78, 5) is 16.9. The lowest BCUT2D eigenvalue weighted by molar-refractivity contribution is -0.384. The van der Waals surface area contributed by atoms with Crippen LogP contribution < -0.4 is 4.90 Å². The molecule has 1 N–H and O–H groups in total. The van der Waals surface area contributed by atoms with Gasteiger partial charge in [-0.1, -0.05) is 18.2 Å². The molecule has 6 heteroatoms. The monoisotopic (exact) mass is 275 g/mol. The number of hydrogen-bond donors (Lipinski definition) is 1. The highest BCUT2D eigenvalue weighted by atomic mass is 16.6. The number of aliphatic hydroxyl groups is 1. The van der Waals surface area contributed by atoms with E-state index in [1.165, 1.54) is 6.20 Å². The maximum Gasteiger partial charge on any atom is 0.311 e. The van der Waals surface area contributed by atoms with Crippen molar-refractivity contribution in [3.05, 3.63) is 40.6 Å². The van der Waals surface area contributed by atoms with Crippen molar-refractivity contribution >= 4 is 22.3 Å². The second-order valence-corrected chi connectivity index (χ2v) is 4.42. The van der Waals surface area contributed by atoms with Gasteiger partial charge in [0.05, 0.1) is 10.4 Å². The lowest BCUT2D eigenvalue weighted by Gasteiger charge is -2.23. The summed E-state index contributed by atoms with van der Waals surface area (Å²) in [5.74, 6) is 0. The standard InChI is InChI=1S/C14H17N3O3/c1-2-16(8-5-9-18)14-11-6-3-4-7-12(11)15-10-13(14)17(19)20/h3-4,6-7,10,18H,2,5,8-9H2,1H3. The van der Waals surface area contributed by atoms with Gasteiger partial charge in [-0.05, 0) is 19.4 Å². The number of hydrogen-bond acceptors (Lipinski definition) is 5. The second-order valence-electron chi connectivity index (χ2n) is 4.42. The third-order valence-electron chi connectivity index (χ3n) is 3.21. The third-order valence-corrected chi connectivity index (χ3v) is 3.21. The molecule has 1 heterocycles. The Labute approximate surface area is 116 Å². The predicted molar refractivity (Wildman–Crippen MR) is 78.0 cm³/mol. The van der Waals surface area contributed by atoms with Gasteiger partial charge >= 0.3 is 5.69 Å². The van der Waals surface area contributed by atoms with Gasteiger partial charge in [0.2, 0.25) is 0 Å². The van der Waals surface area contributed by atoms with Gasteiger partial charge in [0.25, 0.3) is 0 Å². The number of para-hydroxylation sites is 1. The Kier molecular flexibility index (Phi) is 4.47. The molecule has 2 rings (SSSR count). The number of anilines is 1. The molecule has 0 aliphatic carbocycles. The van der Waals surface area contributed by atoms with Crippen LogP contribution in [0.25, 0.3) is 10.9 Å². The molecule has 106 valence electrons. The van der Waals surface area contributed by atoms with Crippen LogP contribution in [-0.2, 0) is 0 Å². The molecule has 0 saturated carbocycles. The van der Waals surface area contributed by atoms with Crippen molar-refractivity contribution in [1.29, 1.82) is 0 Å². The molecule has 0 aliphatic rings. The summed E-state index contributed by atoms with van der Waals surface area (Å²) in [6.07, 6.45) is 1.88. The minimum absolute atomic E-state index is 0.00323. The van der Waals surface area contributed by atoms with Crippen LogP contribution in [0, 0.1) is 10.1 Å². The maximum atomic E-state index is 11.2. The molecule has 0 radical (unpaired) electrons. The Morgan fingerprint density at radius 2 is 2.15 bits per heavy atom. The zero-order valence-corrected chi connectivity index (χ0v) is 11.3. The minimum Gasteiger partial charge on any atom is -0.396 e. The van der Waals surface area contributed by atoms with Gasteiger partial charge in [0.1, 0.15) is 11.9 Å². The molecular weight excluding hydrogens is 258 g/mol. The number of benzene rings is 1. The normalized spacial score (nSPS) is 10.7. The van der Waals surface area contributed by atoms with Crippen molar-refractivity contribution in [2.24, 2.45) is 0 Å². The number of pyridine rings is 1. The highest BCUT2D eigenvalue weighted by Crippen LogP contribution is 2.34. The smallest absolute Gasteiger partial charge is 0.311 e. The molecule has 0 aliphatic heterocycles. The van der Waals surface area contributed by atoms with E-state index < -0.39 is 4.92 Å². The average molecular weight is 275 g/mol. The molecule has 0 fully saturated rings. The molecule has 0 unspecified atom stereocenters. The molecular formula is C14H17N3O3. The van der Waals surface area contributed by atoms with Gasteiger partial charge < -0.3 is 10.0 Å². The Morgan fingerprint density at radius 3 is 2.80 bits per heavy atom. The molecule has 0 spiro atoms. The van der Waals surface area contributed by atoms with Gasteiger partial charge in [-0.15, -0.1) is 0 Å². The van der Waals surface area contributed by atoms with E-state index in [9.17, 15) is 10.1 Å². The van der Waals surface area contributed by atoms with Gasteiger partial charge in [-0.3, -0.25) is 10.1 Å². The number of nitrogens with zero attached hydrogens (tertiary/aromatic N) is 3. The van der Waals surface area contributed by atoms with Crippen molar-refractivity contribution in [3.63, 3.8) is 0 Å². The summed E-state index contributed by atoms with van der Waals surface area (Å²) < 4.78 is 0. The van der Waals surface area contributed by atoms with E-state index in [1.807, 2.05) is 36.1 Å². The van der Waals surface area contributed by atoms with Crippen LogP contribution in [0.5, 0.6) is 0 Å². The van der Waals surface area contributed by atoms with Gasteiger partial charge in [-0.25, -0.2) is 4.98 Å². The quantitative estimate of drug-likeness (QED) is 0.646. The van der Waals surface area contributed by atoms with E-state index in [0.717, 1.165) is 10.9 Å². The fourth-order valence-corrected chi connectivity index (χ4v) is 2.27. The zero-order chi connectivity index (χ0) is 14.5. The van der Waals surface area contributed by atoms with Crippen LogP contribution in [-0.4, -0.2) is 34.7 Å². The maximum absolute atomic E-state index is 11.2. The van der Waals surface area contributed by atoms with Crippen LogP contribution in [0.2, 0.25) is 0 Å². The SMILES string of the molecule is CCN(CCCO)c1c([N+](=O)[O-])cnc2ccccc12. The molecule has 0 bridgehead atoms. The van der Waals surface area contributed by atoms with E-state index in [-0.39, 0.29) is 12.3 Å². The molecule has 0 amide bonds. The number of aromatic nitrogens is 1. The topological polar surface area (TPSA) is 79.5 Å². The van der Waals surface area contributed by atoms with Crippen molar-refractivity contribution < 1.29 is 10.0 Å². The summed E-state index contributed by atoms with van der Waals surface area (Å²) in [5.41, 5.74) is 1.32. The summed E-state index contributed by atoms with van der Waals surface area (Å²) >= 11 is 0. The largest absolute Gasteiger partial charge is 0.396 e. The Hall–Kier alpha value is -2.21. The van der Waals surface area contributed by atoms with Crippen LogP contribution in [0.3, 0.4) is 0 Å². The van der Waals surface area contributed by atoms with E-state index in [2.05, 4.69) is 4.98 Å². The zero-order valence-electron chi connectivity index (χ0n) is 11.3. The van der Waals surface area contributed by atoms with Crippen LogP contribution in [0.4, 0.5) is 11.4 Å². The van der Waals surface area contributed by atoms with Crippen molar-refractivity contribution in [2.75, 3.05) is 24.6 Å². The average Bonchev–Trinajstić information content (AvgIpc) is 2.47. The fourth-order valence-electron chi connectivity index (χ4n) is 2.27. The van der Waals surface area contributed by atoms with Gasteiger partial charge in [-0.2, -0.15) is 0 Å². The molecule has 1 aromatic carbocycles. The highest BCUT2D eigenvalue weighted by Gasteiger charge is 2.22. The van der Waals surface area contributed by atoms with Gasteiger partial charge in [0, 0.05) is 25.1 Å². The van der Waals surface area contributed by atoms with Crippen LogP contribution in [0.1, 0.15) is 13.3 Å². The van der Waals surface area contributed by atoms with Crippen LogP contribution >= 0.6 is 0 Å². The predicted octanol–water partition coefficient (Wildman–Crippen LogP) is 2.35. The molecule has 20 heavy (non-hydrogen) atoms. The minimum atomic E-state index is -0.406. The molecule has 6 nitrogen and oxygen atoms in total. The highest BCUT2D eigenvalue weighted by molar-refractivity contribution is 5.96. The lowest BCUT2D eigenvalue weighted by atomic mass is 10.1. The molecule has 0 saturated heterocycles. The second kappa shape index (κ2) is 6.29. The first-order valence-electron chi connectivity index (χ1n) is 6.57. The van der Waals surface area contributed by atoms with E-state index in [0.29, 0.717) is 25.2 Å². The number of fused-ring (bicyclic) bond motifs is 1. The first-order chi connectivity index (χ1) is 9.69. The number of rotatable bonds is 6. The first-order valence-corrected chi connectivity index (χ1v) is 6.57. The van der Waals surface area contributed by atoms with Crippen molar-refractivity contribution in [2.45, 2.75) is 13.3 Å².